The molecule has 1 rings (SSSR count). The number of aliphatic hydroxyl groups is 3. The summed E-state index contributed by atoms with van der Waals surface area (Å²) >= 11 is 0. The number of aliphatic hydroxyl groups excluding tert-OH is 1. The van der Waals surface area contributed by atoms with Crippen LogP contribution in [0.2, 0.25) is 0 Å². The van der Waals surface area contributed by atoms with E-state index in [4.69, 9.17) is 27.5 Å². The molecule has 0 aromatic rings. The second-order valence-electron chi connectivity index (χ2n) is 10.8. The highest BCUT2D eigenvalue weighted by Gasteiger charge is 2.50. The molecule has 2 amide bonds. The van der Waals surface area contributed by atoms with Crippen LogP contribution in [0.15, 0.2) is 0 Å². The van der Waals surface area contributed by atoms with E-state index in [-0.39, 0.29) is 6.61 Å². The molecule has 1 heterocycles. The smallest absolute Gasteiger partial charge is 0.413 e. The molecule has 10 heteroatoms. The minimum Gasteiger partial charge on any atom is -0.444 e. The van der Waals surface area contributed by atoms with Gasteiger partial charge in [0.05, 0.1) is 36.5 Å². The van der Waals surface area contributed by atoms with E-state index in [2.05, 4.69) is 5.32 Å². The Bertz CT molecular complexity index is 846. The zero-order chi connectivity index (χ0) is 31.6. The van der Waals surface area contributed by atoms with Crippen molar-refractivity contribution in [3.8, 4) is 0 Å². The van der Waals surface area contributed by atoms with Crippen molar-refractivity contribution in [1.29, 1.82) is 0 Å². The summed E-state index contributed by atoms with van der Waals surface area (Å²) in [5, 5.41) is 31.5. The van der Waals surface area contributed by atoms with Gasteiger partial charge in [0, 0.05) is 8.22 Å². The van der Waals surface area contributed by atoms with Crippen LogP contribution in [0.3, 0.4) is 0 Å². The van der Waals surface area contributed by atoms with E-state index in [1.165, 1.54) is 11.8 Å². The van der Waals surface area contributed by atoms with E-state index < -0.39 is 72.7 Å². The number of ether oxygens (including phenoxy) is 3. The van der Waals surface area contributed by atoms with E-state index >= 15 is 0 Å². The van der Waals surface area contributed by atoms with Gasteiger partial charge in [0.2, 0.25) is 0 Å². The highest BCUT2D eigenvalue weighted by molar-refractivity contribution is 5.70. The van der Waals surface area contributed by atoms with E-state index in [1.54, 1.807) is 55.4 Å². The largest absolute Gasteiger partial charge is 0.444 e. The number of carbonyl (C=O) groups excluding carboxylic acids is 2. The molecular formula is C23H46N2O8. The van der Waals surface area contributed by atoms with Gasteiger partial charge in [-0.2, -0.15) is 0 Å². The van der Waals surface area contributed by atoms with Gasteiger partial charge in [-0.15, -0.1) is 0 Å². The van der Waals surface area contributed by atoms with Gasteiger partial charge in [-0.25, -0.2) is 9.59 Å². The van der Waals surface area contributed by atoms with Gasteiger partial charge in [0.15, 0.2) is 0 Å². The van der Waals surface area contributed by atoms with Crippen LogP contribution < -0.4 is 5.32 Å². The quantitative estimate of drug-likeness (QED) is 0.478. The molecule has 10 nitrogen and oxygen atoms in total. The molecule has 1 aliphatic heterocycles. The predicted molar refractivity (Wildman–Crippen MR) is 125 cm³/mol. The molecule has 0 saturated carbocycles. The summed E-state index contributed by atoms with van der Waals surface area (Å²) in [7, 11) is 0. The molecule has 1 fully saturated rings. The minimum absolute atomic E-state index is 0.0718. The molecule has 0 bridgehead atoms. The van der Waals surface area contributed by atoms with Crippen LogP contribution in [-0.2, 0) is 14.2 Å². The maximum absolute atomic E-state index is 12.4. The first-order valence-electron chi connectivity index (χ1n) is 13.6. The van der Waals surface area contributed by atoms with E-state index in [0.717, 1.165) is 6.92 Å². The fourth-order valence-corrected chi connectivity index (χ4v) is 2.69. The Kier molecular flexibility index (Phi) is 7.13. The number of nitrogens with zero attached hydrogens (tertiary/aromatic N) is 1. The molecule has 196 valence electrons. The zero-order valence-corrected chi connectivity index (χ0v) is 21.4. The monoisotopic (exact) mass is 484 g/mol. The third-order valence-corrected chi connectivity index (χ3v) is 4.28. The zero-order valence-electron chi connectivity index (χ0n) is 27.4. The Labute approximate surface area is 207 Å². The summed E-state index contributed by atoms with van der Waals surface area (Å²) in [6.45, 7) is 9.36. The molecule has 4 atom stereocenters. The van der Waals surface area contributed by atoms with Gasteiger partial charge < -0.3 is 34.8 Å². The fourth-order valence-electron chi connectivity index (χ4n) is 2.69. The summed E-state index contributed by atoms with van der Waals surface area (Å²) in [5.74, 6) is 0. The van der Waals surface area contributed by atoms with Crippen molar-refractivity contribution < 1.29 is 47.3 Å². The lowest BCUT2D eigenvalue weighted by Crippen LogP contribution is -2.56. The Hall–Kier alpha value is -1.62. The van der Waals surface area contributed by atoms with Crippen LogP contribution in [0.4, 0.5) is 9.59 Å². The summed E-state index contributed by atoms with van der Waals surface area (Å²) in [6.07, 6.45) is -1.61. The molecule has 0 radical (unpaired) electrons. The van der Waals surface area contributed by atoms with Crippen molar-refractivity contribution >= 4 is 12.2 Å². The number of hydrogen-bond donors (Lipinski definition) is 4. The second kappa shape index (κ2) is 10.8. The SMILES string of the molecule is [2H]C([2H])([2H])[C@](C)(O)[C@@H](CO)NC(=O)OC(C)(C)C.[2H]C([2H])([2H])[C@](C)(O)[C@H]1COC(C)(C)N1C(=O)OC(C)(C)C. The van der Waals surface area contributed by atoms with Crippen LogP contribution >= 0.6 is 0 Å². The summed E-state index contributed by atoms with van der Waals surface area (Å²) in [6, 6.07) is -2.37. The molecule has 1 saturated heterocycles. The van der Waals surface area contributed by atoms with Crippen LogP contribution in [0, 0.1) is 0 Å². The van der Waals surface area contributed by atoms with Crippen LogP contribution in [-0.4, -0.2) is 85.8 Å². The first-order chi connectivity index (χ1) is 16.9. The molecule has 4 N–H and O–H groups in total. The van der Waals surface area contributed by atoms with Gasteiger partial charge in [0.25, 0.3) is 0 Å². The lowest BCUT2D eigenvalue weighted by molar-refractivity contribution is -0.0757. The van der Waals surface area contributed by atoms with Gasteiger partial charge >= 0.3 is 12.2 Å². The second-order valence-corrected chi connectivity index (χ2v) is 10.8. The summed E-state index contributed by atoms with van der Waals surface area (Å²) in [4.78, 5) is 25.0. The maximum atomic E-state index is 12.4. The van der Waals surface area contributed by atoms with Gasteiger partial charge in [-0.05, 0) is 82.9 Å². The average molecular weight is 485 g/mol. The molecular weight excluding hydrogens is 432 g/mol. The van der Waals surface area contributed by atoms with Crippen molar-refractivity contribution in [3.63, 3.8) is 0 Å². The van der Waals surface area contributed by atoms with Gasteiger partial charge in [-0.1, -0.05) is 0 Å². The lowest BCUT2D eigenvalue weighted by atomic mass is 9.98. The molecule has 1 aliphatic rings. The Balaban J connectivity index is 0.000000751. The Morgan fingerprint density at radius 3 is 2.00 bits per heavy atom. The standard InChI is InChI=1S/C13H25NO4.C10H21NO4/c1-11(2,3)18-10(15)14-9(12(4,5)16)8-17-13(14,6)7;1-9(2,3)15-8(13)11-7(6-12)10(4,5)14/h9,16H,8H2,1-7H3;7,12,14H,6H2,1-5H3,(H,11,13)/t9-;7-/m11/s1/i2*4D3/t9-,12-;7-,10-. The number of hydrogen-bond acceptors (Lipinski definition) is 8. The van der Waals surface area contributed by atoms with Crippen LogP contribution in [0.25, 0.3) is 0 Å². The Morgan fingerprint density at radius 2 is 1.61 bits per heavy atom. The van der Waals surface area contributed by atoms with E-state index in [9.17, 15) is 19.8 Å². The normalized spacial score (nSPS) is 26.2. The van der Waals surface area contributed by atoms with Crippen molar-refractivity contribution in [2.45, 2.75) is 123 Å². The number of amides is 2. The first-order valence-corrected chi connectivity index (χ1v) is 10.6. The molecule has 33 heavy (non-hydrogen) atoms. The number of rotatable bonds is 4. The van der Waals surface area contributed by atoms with Gasteiger partial charge in [-0.3, -0.25) is 4.90 Å². The average Bonchev–Trinajstić information content (AvgIpc) is 2.97. The van der Waals surface area contributed by atoms with Crippen molar-refractivity contribution in [2.75, 3.05) is 13.2 Å². The third-order valence-electron chi connectivity index (χ3n) is 4.28. The van der Waals surface area contributed by atoms with Gasteiger partial charge in [0.1, 0.15) is 16.9 Å². The van der Waals surface area contributed by atoms with Crippen molar-refractivity contribution in [2.24, 2.45) is 0 Å². The maximum Gasteiger partial charge on any atom is 0.413 e. The third kappa shape index (κ3) is 11.4. The van der Waals surface area contributed by atoms with Crippen molar-refractivity contribution in [1.82, 2.24) is 10.2 Å². The summed E-state index contributed by atoms with van der Waals surface area (Å²) in [5.41, 5.74) is -6.89. The first kappa shape index (κ1) is 21.9. The molecule has 0 aromatic heterocycles. The van der Waals surface area contributed by atoms with Crippen molar-refractivity contribution in [3.05, 3.63) is 0 Å². The minimum atomic E-state index is -2.74. The molecule has 0 aliphatic carbocycles. The predicted octanol–water partition coefficient (Wildman–Crippen LogP) is 2.77. The number of nitrogens with one attached hydrogen (secondary N) is 1. The number of alkyl carbamates (subject to hydrolysis) is 1. The van der Waals surface area contributed by atoms with Crippen LogP contribution in [0.1, 0.15) is 91.2 Å². The molecule has 0 aromatic carbocycles. The fraction of sp³-hybridized carbons (Fsp3) is 0.913. The van der Waals surface area contributed by atoms with E-state index in [0.29, 0.717) is 0 Å². The molecule has 0 spiro atoms. The lowest BCUT2D eigenvalue weighted by Gasteiger charge is -2.38. The molecule has 0 unspecified atom stereocenters. The highest BCUT2D eigenvalue weighted by atomic mass is 16.6. The van der Waals surface area contributed by atoms with E-state index in [1.807, 2.05) is 0 Å². The highest BCUT2D eigenvalue weighted by Crippen LogP contribution is 2.34. The summed E-state index contributed by atoms with van der Waals surface area (Å²) < 4.78 is 59.7. The van der Waals surface area contributed by atoms with Crippen LogP contribution in [0.5, 0.6) is 0 Å². The number of carbonyl (C=O) groups is 2. The topological polar surface area (TPSA) is 138 Å². The Morgan fingerprint density at radius 1 is 1.09 bits per heavy atom.